The summed E-state index contributed by atoms with van der Waals surface area (Å²) in [4.78, 5) is 2.39. The van der Waals surface area contributed by atoms with Gasteiger partial charge in [-0.3, -0.25) is 0 Å². The lowest BCUT2D eigenvalue weighted by Gasteiger charge is -2.25. The van der Waals surface area contributed by atoms with Crippen molar-refractivity contribution in [1.29, 1.82) is 0 Å². The van der Waals surface area contributed by atoms with Crippen molar-refractivity contribution in [3.05, 3.63) is 65.2 Å². The third kappa shape index (κ3) is 3.36. The number of benzene rings is 2. The van der Waals surface area contributed by atoms with E-state index in [0.717, 1.165) is 13.1 Å². The van der Waals surface area contributed by atoms with Crippen molar-refractivity contribution in [2.45, 2.75) is 26.9 Å². The lowest BCUT2D eigenvalue weighted by molar-refractivity contribution is 0.827. The van der Waals surface area contributed by atoms with E-state index in [1.807, 2.05) is 0 Å². The molecular weight excluding hydrogens is 232 g/mol. The summed E-state index contributed by atoms with van der Waals surface area (Å²) in [5.41, 5.74) is 10.8. The first-order valence-electron chi connectivity index (χ1n) is 6.83. The van der Waals surface area contributed by atoms with E-state index in [4.69, 9.17) is 5.73 Å². The Labute approximate surface area is 115 Å². The van der Waals surface area contributed by atoms with Gasteiger partial charge < -0.3 is 10.6 Å². The summed E-state index contributed by atoms with van der Waals surface area (Å²) in [6.45, 7) is 6.89. The molecule has 0 saturated carbocycles. The molecule has 2 nitrogen and oxygen atoms in total. The van der Waals surface area contributed by atoms with Gasteiger partial charge in [0.2, 0.25) is 0 Å². The zero-order chi connectivity index (χ0) is 13.7. The van der Waals surface area contributed by atoms with Gasteiger partial charge >= 0.3 is 0 Å². The summed E-state index contributed by atoms with van der Waals surface area (Å²) >= 11 is 0. The zero-order valence-corrected chi connectivity index (χ0v) is 11.8. The lowest BCUT2D eigenvalue weighted by Crippen LogP contribution is -2.22. The fourth-order valence-corrected chi connectivity index (χ4v) is 2.37. The molecule has 0 aromatic heterocycles. The molecule has 0 aliphatic rings. The smallest absolute Gasteiger partial charge is 0.0429 e. The molecule has 100 valence electrons. The second-order valence-corrected chi connectivity index (χ2v) is 4.82. The predicted molar refractivity (Wildman–Crippen MR) is 82.2 cm³/mol. The number of nitrogens with two attached hydrogens (primary N) is 1. The summed E-state index contributed by atoms with van der Waals surface area (Å²) in [6, 6.07) is 17.1. The van der Waals surface area contributed by atoms with E-state index in [1.165, 1.54) is 22.4 Å². The summed E-state index contributed by atoms with van der Waals surface area (Å²) in [5.74, 6) is 0. The van der Waals surface area contributed by atoms with Crippen LogP contribution in [-0.2, 0) is 13.1 Å². The SMILES string of the molecule is CCN(Cc1ccccc1)c1ccc(CN)cc1C. The fraction of sp³-hybridized carbons (Fsp3) is 0.294. The number of hydrogen-bond acceptors (Lipinski definition) is 2. The molecule has 0 amide bonds. The van der Waals surface area contributed by atoms with Gasteiger partial charge in [-0.2, -0.15) is 0 Å². The molecule has 0 heterocycles. The van der Waals surface area contributed by atoms with E-state index in [0.29, 0.717) is 6.54 Å². The van der Waals surface area contributed by atoms with Crippen molar-refractivity contribution < 1.29 is 0 Å². The van der Waals surface area contributed by atoms with E-state index in [2.05, 4.69) is 67.3 Å². The molecule has 2 heteroatoms. The van der Waals surface area contributed by atoms with E-state index in [9.17, 15) is 0 Å². The Morgan fingerprint density at radius 3 is 2.32 bits per heavy atom. The highest BCUT2D eigenvalue weighted by Crippen LogP contribution is 2.23. The maximum absolute atomic E-state index is 5.69. The third-order valence-electron chi connectivity index (χ3n) is 3.44. The first-order valence-corrected chi connectivity index (χ1v) is 6.83. The highest BCUT2D eigenvalue weighted by molar-refractivity contribution is 5.54. The number of nitrogens with zero attached hydrogens (tertiary/aromatic N) is 1. The second kappa shape index (κ2) is 6.39. The van der Waals surface area contributed by atoms with E-state index >= 15 is 0 Å². The van der Waals surface area contributed by atoms with Gasteiger partial charge in [-0.05, 0) is 36.6 Å². The van der Waals surface area contributed by atoms with Crippen LogP contribution in [0.1, 0.15) is 23.6 Å². The first-order chi connectivity index (χ1) is 9.24. The maximum Gasteiger partial charge on any atom is 0.0429 e. The van der Waals surface area contributed by atoms with E-state index in [-0.39, 0.29) is 0 Å². The Hall–Kier alpha value is -1.80. The molecular formula is C17H22N2. The first kappa shape index (κ1) is 13.6. The van der Waals surface area contributed by atoms with Crippen LogP contribution in [0.4, 0.5) is 5.69 Å². The van der Waals surface area contributed by atoms with Gasteiger partial charge in [0.05, 0.1) is 0 Å². The molecule has 2 rings (SSSR count). The molecule has 0 aliphatic heterocycles. The monoisotopic (exact) mass is 254 g/mol. The van der Waals surface area contributed by atoms with Crippen LogP contribution in [0.15, 0.2) is 48.5 Å². The number of hydrogen-bond donors (Lipinski definition) is 1. The molecule has 0 radical (unpaired) electrons. The summed E-state index contributed by atoms with van der Waals surface area (Å²) in [7, 11) is 0. The van der Waals surface area contributed by atoms with Crippen molar-refractivity contribution in [2.75, 3.05) is 11.4 Å². The summed E-state index contributed by atoms with van der Waals surface area (Å²) in [6.07, 6.45) is 0. The molecule has 0 spiro atoms. The molecule has 2 aromatic carbocycles. The van der Waals surface area contributed by atoms with Gasteiger partial charge in [-0.25, -0.2) is 0 Å². The molecule has 0 fully saturated rings. The van der Waals surface area contributed by atoms with Gasteiger partial charge in [0, 0.05) is 25.3 Å². The summed E-state index contributed by atoms with van der Waals surface area (Å²) in [5, 5.41) is 0. The third-order valence-corrected chi connectivity index (χ3v) is 3.44. The van der Waals surface area contributed by atoms with Crippen molar-refractivity contribution in [1.82, 2.24) is 0 Å². The van der Waals surface area contributed by atoms with E-state index in [1.54, 1.807) is 0 Å². The molecule has 0 bridgehead atoms. The number of aryl methyl sites for hydroxylation is 1. The average Bonchev–Trinajstić information content (AvgIpc) is 2.46. The zero-order valence-electron chi connectivity index (χ0n) is 11.8. The topological polar surface area (TPSA) is 29.3 Å². The largest absolute Gasteiger partial charge is 0.367 e. The Morgan fingerprint density at radius 2 is 1.74 bits per heavy atom. The summed E-state index contributed by atoms with van der Waals surface area (Å²) < 4.78 is 0. The fourth-order valence-electron chi connectivity index (χ4n) is 2.37. The van der Waals surface area contributed by atoms with Crippen LogP contribution in [-0.4, -0.2) is 6.54 Å². The standard InChI is InChI=1S/C17H22N2/c1-3-19(13-15-7-5-4-6-8-15)17-10-9-16(12-18)11-14(17)2/h4-11H,3,12-13,18H2,1-2H3. The van der Waals surface area contributed by atoms with Crippen molar-refractivity contribution in [3.63, 3.8) is 0 Å². The highest BCUT2D eigenvalue weighted by Gasteiger charge is 2.08. The van der Waals surface area contributed by atoms with Crippen LogP contribution < -0.4 is 10.6 Å². The average molecular weight is 254 g/mol. The minimum atomic E-state index is 0.603. The Kier molecular flexibility index (Phi) is 4.58. The Balaban J connectivity index is 2.22. The molecule has 2 aromatic rings. The number of rotatable bonds is 5. The van der Waals surface area contributed by atoms with Crippen molar-refractivity contribution in [3.8, 4) is 0 Å². The van der Waals surface area contributed by atoms with Crippen LogP contribution in [0.3, 0.4) is 0 Å². The van der Waals surface area contributed by atoms with Gasteiger partial charge in [-0.15, -0.1) is 0 Å². The molecule has 2 N–H and O–H groups in total. The second-order valence-electron chi connectivity index (χ2n) is 4.82. The Bertz CT molecular complexity index is 520. The van der Waals surface area contributed by atoms with Crippen molar-refractivity contribution >= 4 is 5.69 Å². The lowest BCUT2D eigenvalue weighted by atomic mass is 10.1. The van der Waals surface area contributed by atoms with Gasteiger partial charge in [0.25, 0.3) is 0 Å². The molecule has 19 heavy (non-hydrogen) atoms. The molecule has 0 unspecified atom stereocenters. The van der Waals surface area contributed by atoms with Crippen LogP contribution in [0.5, 0.6) is 0 Å². The normalized spacial score (nSPS) is 10.5. The van der Waals surface area contributed by atoms with Gasteiger partial charge in [0.1, 0.15) is 0 Å². The number of anilines is 1. The molecule has 0 aliphatic carbocycles. The Morgan fingerprint density at radius 1 is 1.00 bits per heavy atom. The van der Waals surface area contributed by atoms with Gasteiger partial charge in [0.15, 0.2) is 0 Å². The highest BCUT2D eigenvalue weighted by atomic mass is 15.1. The van der Waals surface area contributed by atoms with Crippen LogP contribution in [0, 0.1) is 6.92 Å². The molecule has 0 saturated heterocycles. The predicted octanol–water partition coefficient (Wildman–Crippen LogP) is 3.48. The van der Waals surface area contributed by atoms with Crippen molar-refractivity contribution in [2.24, 2.45) is 5.73 Å². The van der Waals surface area contributed by atoms with E-state index < -0.39 is 0 Å². The minimum Gasteiger partial charge on any atom is -0.367 e. The maximum atomic E-state index is 5.69. The van der Waals surface area contributed by atoms with Crippen LogP contribution >= 0.6 is 0 Å². The quantitative estimate of drug-likeness (QED) is 0.885. The van der Waals surface area contributed by atoms with Crippen LogP contribution in [0.25, 0.3) is 0 Å². The van der Waals surface area contributed by atoms with Crippen LogP contribution in [0.2, 0.25) is 0 Å². The van der Waals surface area contributed by atoms with Gasteiger partial charge in [-0.1, -0.05) is 42.5 Å². The minimum absolute atomic E-state index is 0.603. The molecule has 0 atom stereocenters.